The van der Waals surface area contributed by atoms with Crippen molar-refractivity contribution in [2.24, 2.45) is 5.73 Å². The molecule has 3 rings (SSSR count). The highest BCUT2D eigenvalue weighted by Gasteiger charge is 2.41. The molecule has 0 saturated heterocycles. The van der Waals surface area contributed by atoms with E-state index >= 15 is 0 Å². The number of aromatic nitrogens is 1. The van der Waals surface area contributed by atoms with Gasteiger partial charge in [-0.25, -0.2) is 0 Å². The number of nitrogens with two attached hydrogens (primary N) is 1. The molecule has 0 aromatic carbocycles. The molecule has 2 saturated carbocycles. The van der Waals surface area contributed by atoms with E-state index < -0.39 is 0 Å². The van der Waals surface area contributed by atoms with Gasteiger partial charge in [-0.05, 0) is 49.8 Å². The number of hydrogen-bond donors (Lipinski definition) is 2. The lowest BCUT2D eigenvalue weighted by atomic mass is 10.1. The zero-order valence-corrected chi connectivity index (χ0v) is 13.3. The van der Waals surface area contributed by atoms with E-state index in [0.717, 1.165) is 30.3 Å². The Kier molecular flexibility index (Phi) is 5.57. The Morgan fingerprint density at radius 3 is 2.53 bits per heavy atom. The molecule has 3 nitrogen and oxygen atoms in total. The number of hydrogen-bond acceptors (Lipinski definition) is 5. The van der Waals surface area contributed by atoms with Gasteiger partial charge in [-0.3, -0.25) is 9.71 Å². The highest BCUT2D eigenvalue weighted by atomic mass is 32.2. The van der Waals surface area contributed by atoms with Crippen LogP contribution in [0.5, 0.6) is 0 Å². The van der Waals surface area contributed by atoms with Crippen molar-refractivity contribution in [3.05, 3.63) is 29.6 Å². The molecule has 2 fully saturated rings. The van der Waals surface area contributed by atoms with Crippen LogP contribution in [0.15, 0.2) is 18.3 Å². The molecule has 0 spiro atoms. The van der Waals surface area contributed by atoms with Crippen molar-refractivity contribution < 1.29 is 0 Å². The van der Waals surface area contributed by atoms with E-state index in [-0.39, 0.29) is 5.54 Å². The molecule has 1 heterocycles. The Morgan fingerprint density at radius 2 is 2.05 bits per heavy atom. The summed E-state index contributed by atoms with van der Waals surface area (Å²) in [6, 6.07) is 4.21. The van der Waals surface area contributed by atoms with Crippen LogP contribution in [0.4, 0.5) is 0 Å². The van der Waals surface area contributed by atoms with Crippen molar-refractivity contribution in [1.82, 2.24) is 9.71 Å². The SMILES string of the molecule is CSC.NC1(c2ccc(CNSC3CC3)cn2)CC1. The number of nitrogens with one attached hydrogen (secondary N) is 1. The summed E-state index contributed by atoms with van der Waals surface area (Å²) in [6.45, 7) is 0.895. The summed E-state index contributed by atoms with van der Waals surface area (Å²) < 4.78 is 3.38. The number of thioether (sulfide) groups is 1. The molecule has 0 radical (unpaired) electrons. The van der Waals surface area contributed by atoms with Crippen LogP contribution in [0.3, 0.4) is 0 Å². The minimum atomic E-state index is -0.102. The summed E-state index contributed by atoms with van der Waals surface area (Å²) in [6.07, 6.45) is 10.9. The second-order valence-electron chi connectivity index (χ2n) is 5.25. The fourth-order valence-electron chi connectivity index (χ4n) is 1.64. The maximum atomic E-state index is 6.08. The van der Waals surface area contributed by atoms with E-state index in [1.54, 1.807) is 11.8 Å². The first-order chi connectivity index (χ1) is 9.18. The topological polar surface area (TPSA) is 50.9 Å². The van der Waals surface area contributed by atoms with Crippen LogP contribution in [-0.2, 0) is 12.1 Å². The first kappa shape index (κ1) is 15.2. The van der Waals surface area contributed by atoms with Crippen LogP contribution in [0, 0.1) is 0 Å². The molecule has 1 aromatic rings. The Bertz CT molecular complexity index is 386. The number of nitrogens with zero attached hydrogens (tertiary/aromatic N) is 1. The van der Waals surface area contributed by atoms with E-state index in [4.69, 9.17) is 5.73 Å². The smallest absolute Gasteiger partial charge is 0.0602 e. The third kappa shape index (κ3) is 4.99. The van der Waals surface area contributed by atoms with Gasteiger partial charge in [0.2, 0.25) is 0 Å². The zero-order valence-electron chi connectivity index (χ0n) is 11.7. The summed E-state index contributed by atoms with van der Waals surface area (Å²) in [5, 5.41) is 0.853. The largest absolute Gasteiger partial charge is 0.320 e. The fourth-order valence-corrected chi connectivity index (χ4v) is 2.50. The molecule has 0 aliphatic heterocycles. The van der Waals surface area contributed by atoms with Crippen molar-refractivity contribution in [2.45, 2.75) is 43.0 Å². The molecule has 0 amide bonds. The average Bonchev–Trinajstić information content (AvgIpc) is 3.30. The molecule has 0 bridgehead atoms. The second-order valence-corrected chi connectivity index (χ2v) is 7.26. The quantitative estimate of drug-likeness (QED) is 0.819. The maximum Gasteiger partial charge on any atom is 0.0602 e. The normalized spacial score (nSPS) is 19.5. The van der Waals surface area contributed by atoms with Gasteiger partial charge in [0, 0.05) is 18.0 Å². The molecule has 0 atom stereocenters. The Hall–Kier alpha value is -0.230. The number of rotatable bonds is 5. The first-order valence-corrected chi connectivity index (χ1v) is 9.22. The predicted molar refractivity (Wildman–Crippen MR) is 86.2 cm³/mol. The van der Waals surface area contributed by atoms with Crippen LogP contribution < -0.4 is 10.5 Å². The van der Waals surface area contributed by atoms with Gasteiger partial charge in [-0.15, -0.1) is 0 Å². The minimum absolute atomic E-state index is 0.102. The summed E-state index contributed by atoms with van der Waals surface area (Å²) in [7, 11) is 0. The van der Waals surface area contributed by atoms with Gasteiger partial charge in [-0.1, -0.05) is 18.0 Å². The van der Waals surface area contributed by atoms with Crippen LogP contribution in [0.2, 0.25) is 0 Å². The predicted octanol–water partition coefficient (Wildman–Crippen LogP) is 2.91. The van der Waals surface area contributed by atoms with E-state index in [2.05, 4.69) is 21.8 Å². The summed E-state index contributed by atoms with van der Waals surface area (Å²) in [5.41, 5.74) is 8.27. The lowest BCUT2D eigenvalue weighted by molar-refractivity contribution is 0.705. The number of pyridine rings is 1. The Balaban J connectivity index is 0.000000408. The lowest BCUT2D eigenvalue weighted by Crippen LogP contribution is -2.20. The summed E-state index contributed by atoms with van der Waals surface area (Å²) >= 11 is 3.61. The molecule has 106 valence electrons. The summed E-state index contributed by atoms with van der Waals surface area (Å²) in [4.78, 5) is 4.45. The third-order valence-electron chi connectivity index (χ3n) is 3.17. The monoisotopic (exact) mass is 297 g/mol. The van der Waals surface area contributed by atoms with Gasteiger partial charge < -0.3 is 5.73 Å². The van der Waals surface area contributed by atoms with Crippen molar-refractivity contribution >= 4 is 23.7 Å². The molecule has 0 unspecified atom stereocenters. The van der Waals surface area contributed by atoms with Gasteiger partial charge in [0.15, 0.2) is 0 Å². The van der Waals surface area contributed by atoms with Crippen molar-refractivity contribution in [2.75, 3.05) is 12.5 Å². The molecule has 1 aromatic heterocycles. The second kappa shape index (κ2) is 6.97. The van der Waals surface area contributed by atoms with E-state index in [9.17, 15) is 0 Å². The Labute approximate surface area is 124 Å². The highest BCUT2D eigenvalue weighted by molar-refractivity contribution is 7.98. The first-order valence-electron chi connectivity index (χ1n) is 6.71. The average molecular weight is 297 g/mol. The van der Waals surface area contributed by atoms with Crippen LogP contribution >= 0.6 is 23.7 Å². The van der Waals surface area contributed by atoms with E-state index in [0.29, 0.717) is 0 Å². The van der Waals surface area contributed by atoms with Crippen LogP contribution in [0.25, 0.3) is 0 Å². The standard InChI is InChI=1S/C12H17N3S.C2H6S/c13-12(5-6-12)11-4-1-9(7-14-11)8-15-16-10-2-3-10;1-3-2/h1,4,7,10,15H,2-3,5-6,8,13H2;1-2H3. The van der Waals surface area contributed by atoms with Crippen molar-refractivity contribution in [1.29, 1.82) is 0 Å². The van der Waals surface area contributed by atoms with Crippen molar-refractivity contribution in [3.63, 3.8) is 0 Å². The molecule has 3 N–H and O–H groups in total. The van der Waals surface area contributed by atoms with Gasteiger partial charge in [-0.2, -0.15) is 11.8 Å². The van der Waals surface area contributed by atoms with Crippen LogP contribution in [0.1, 0.15) is 36.9 Å². The van der Waals surface area contributed by atoms with Gasteiger partial charge in [0.05, 0.1) is 11.2 Å². The van der Waals surface area contributed by atoms with Gasteiger partial charge in [0.25, 0.3) is 0 Å². The molecular formula is C14H23N3S2. The maximum absolute atomic E-state index is 6.08. The Morgan fingerprint density at radius 1 is 1.37 bits per heavy atom. The highest BCUT2D eigenvalue weighted by Crippen LogP contribution is 2.41. The molecular weight excluding hydrogens is 274 g/mol. The van der Waals surface area contributed by atoms with E-state index in [1.165, 1.54) is 18.4 Å². The van der Waals surface area contributed by atoms with E-state index in [1.807, 2.05) is 30.7 Å². The fraction of sp³-hybridized carbons (Fsp3) is 0.643. The van der Waals surface area contributed by atoms with Gasteiger partial charge in [0.1, 0.15) is 0 Å². The van der Waals surface area contributed by atoms with Crippen LogP contribution in [-0.4, -0.2) is 22.7 Å². The minimum Gasteiger partial charge on any atom is -0.320 e. The molecule has 19 heavy (non-hydrogen) atoms. The van der Waals surface area contributed by atoms with Gasteiger partial charge >= 0.3 is 0 Å². The van der Waals surface area contributed by atoms with Crippen molar-refractivity contribution in [3.8, 4) is 0 Å². The third-order valence-corrected chi connectivity index (χ3v) is 4.29. The molecule has 2 aliphatic carbocycles. The molecule has 2 aliphatic rings. The lowest BCUT2D eigenvalue weighted by Gasteiger charge is -2.08. The zero-order chi connectivity index (χ0) is 13.7. The molecule has 5 heteroatoms. The summed E-state index contributed by atoms with van der Waals surface area (Å²) in [5.74, 6) is 0.